The number of benzene rings is 1. The highest BCUT2D eigenvalue weighted by molar-refractivity contribution is 7.99. The summed E-state index contributed by atoms with van der Waals surface area (Å²) in [5.74, 6) is 1.43. The Hall–Kier alpha value is -1.37. The summed E-state index contributed by atoms with van der Waals surface area (Å²) in [6, 6.07) is 3.29. The van der Waals surface area contributed by atoms with Gasteiger partial charge in [-0.05, 0) is 30.4 Å². The molecule has 21 heavy (non-hydrogen) atoms. The predicted molar refractivity (Wildman–Crippen MR) is 78.8 cm³/mol. The molecule has 1 atom stereocenters. The van der Waals surface area contributed by atoms with E-state index in [1.54, 1.807) is 30.8 Å². The van der Waals surface area contributed by atoms with Crippen molar-refractivity contribution in [2.24, 2.45) is 0 Å². The van der Waals surface area contributed by atoms with E-state index in [1.807, 2.05) is 0 Å². The molecule has 1 heterocycles. The largest absolute Gasteiger partial charge is 0.416 e. The summed E-state index contributed by atoms with van der Waals surface area (Å²) in [6.45, 7) is 0. The molecule has 1 aliphatic rings. The normalized spacial score (nSPS) is 18.6. The van der Waals surface area contributed by atoms with Gasteiger partial charge in [-0.3, -0.25) is 4.79 Å². The first-order valence-electron chi connectivity index (χ1n) is 6.58. The standard InChI is InChI=1S/C14H17F3N2OS/c1-18-12-4-3-9(14(15,16)17)7-11(12)13(20)19(2)10-5-6-21-8-10/h3-4,7,10,18H,5-6,8H2,1-2H3. The summed E-state index contributed by atoms with van der Waals surface area (Å²) in [4.78, 5) is 14.1. The number of anilines is 1. The highest BCUT2D eigenvalue weighted by Gasteiger charge is 2.33. The molecule has 0 spiro atoms. The minimum atomic E-state index is -4.46. The van der Waals surface area contributed by atoms with Crippen LogP contribution in [0.4, 0.5) is 18.9 Å². The van der Waals surface area contributed by atoms with E-state index in [4.69, 9.17) is 0 Å². The number of hydrogen-bond donors (Lipinski definition) is 1. The molecule has 1 saturated heterocycles. The molecule has 7 heteroatoms. The van der Waals surface area contributed by atoms with Crippen molar-refractivity contribution in [2.45, 2.75) is 18.6 Å². The average molecular weight is 318 g/mol. The topological polar surface area (TPSA) is 32.3 Å². The van der Waals surface area contributed by atoms with Crippen LogP contribution in [0.15, 0.2) is 18.2 Å². The third kappa shape index (κ3) is 3.45. The Bertz CT molecular complexity index is 527. The summed E-state index contributed by atoms with van der Waals surface area (Å²) in [5.41, 5.74) is -0.337. The van der Waals surface area contributed by atoms with E-state index >= 15 is 0 Å². The SMILES string of the molecule is CNc1ccc(C(F)(F)F)cc1C(=O)N(C)C1CCSC1. The van der Waals surface area contributed by atoms with Gasteiger partial charge in [0, 0.05) is 31.6 Å². The van der Waals surface area contributed by atoms with E-state index in [9.17, 15) is 18.0 Å². The number of nitrogens with one attached hydrogen (secondary N) is 1. The predicted octanol–water partition coefficient (Wildman–Crippen LogP) is 3.32. The molecule has 1 fully saturated rings. The molecule has 0 saturated carbocycles. The summed E-state index contributed by atoms with van der Waals surface area (Å²) in [7, 11) is 3.24. The van der Waals surface area contributed by atoms with Gasteiger partial charge in [0.2, 0.25) is 0 Å². The quantitative estimate of drug-likeness (QED) is 0.928. The van der Waals surface area contributed by atoms with Crippen LogP contribution in [0.3, 0.4) is 0 Å². The first-order valence-corrected chi connectivity index (χ1v) is 7.74. The van der Waals surface area contributed by atoms with E-state index < -0.39 is 11.7 Å². The second-order valence-electron chi connectivity index (χ2n) is 4.94. The lowest BCUT2D eigenvalue weighted by molar-refractivity contribution is -0.137. The second kappa shape index (κ2) is 6.17. The summed E-state index contributed by atoms with van der Waals surface area (Å²) >= 11 is 1.75. The molecule has 0 bridgehead atoms. The molecule has 1 unspecified atom stereocenters. The number of thioether (sulfide) groups is 1. The van der Waals surface area contributed by atoms with Crippen molar-refractivity contribution in [1.29, 1.82) is 0 Å². The molecule has 0 aliphatic carbocycles. The van der Waals surface area contributed by atoms with Gasteiger partial charge in [0.15, 0.2) is 0 Å². The van der Waals surface area contributed by atoms with Crippen molar-refractivity contribution in [3.05, 3.63) is 29.3 Å². The molecule has 1 N–H and O–H groups in total. The first-order chi connectivity index (χ1) is 9.84. The van der Waals surface area contributed by atoms with Gasteiger partial charge in [0.25, 0.3) is 5.91 Å². The third-order valence-electron chi connectivity index (χ3n) is 3.62. The van der Waals surface area contributed by atoms with Crippen LogP contribution in [0.25, 0.3) is 0 Å². The Balaban J connectivity index is 2.33. The number of amides is 1. The summed E-state index contributed by atoms with van der Waals surface area (Å²) in [6.07, 6.45) is -3.58. The van der Waals surface area contributed by atoms with Crippen molar-refractivity contribution < 1.29 is 18.0 Å². The zero-order valence-corrected chi connectivity index (χ0v) is 12.6. The zero-order valence-electron chi connectivity index (χ0n) is 11.8. The Morgan fingerprint density at radius 3 is 2.67 bits per heavy atom. The molecule has 3 nitrogen and oxygen atoms in total. The lowest BCUT2D eigenvalue weighted by Crippen LogP contribution is -2.37. The highest BCUT2D eigenvalue weighted by Crippen LogP contribution is 2.32. The van der Waals surface area contributed by atoms with Crippen LogP contribution in [0.5, 0.6) is 0 Å². The van der Waals surface area contributed by atoms with Gasteiger partial charge in [-0.1, -0.05) is 0 Å². The minimum absolute atomic E-state index is 0.0618. The van der Waals surface area contributed by atoms with E-state index in [-0.39, 0.29) is 17.5 Å². The average Bonchev–Trinajstić information content (AvgIpc) is 2.98. The van der Waals surface area contributed by atoms with E-state index in [0.29, 0.717) is 5.69 Å². The molecule has 1 aromatic carbocycles. The smallest absolute Gasteiger partial charge is 0.387 e. The molecule has 1 aliphatic heterocycles. The summed E-state index contributed by atoms with van der Waals surface area (Å²) in [5, 5.41) is 2.78. The van der Waals surface area contributed by atoms with Gasteiger partial charge < -0.3 is 10.2 Å². The van der Waals surface area contributed by atoms with Gasteiger partial charge >= 0.3 is 6.18 Å². The van der Waals surface area contributed by atoms with Gasteiger partial charge in [-0.15, -0.1) is 0 Å². The lowest BCUT2D eigenvalue weighted by Gasteiger charge is -2.25. The molecular weight excluding hydrogens is 301 g/mol. The molecule has 116 valence electrons. The Morgan fingerprint density at radius 1 is 1.43 bits per heavy atom. The maximum atomic E-state index is 12.8. The van der Waals surface area contributed by atoms with Crippen LogP contribution in [-0.4, -0.2) is 42.4 Å². The van der Waals surface area contributed by atoms with Crippen LogP contribution < -0.4 is 5.32 Å². The highest BCUT2D eigenvalue weighted by atomic mass is 32.2. The molecule has 2 rings (SSSR count). The first kappa shape index (κ1) is 16.0. The fourth-order valence-electron chi connectivity index (χ4n) is 2.30. The second-order valence-corrected chi connectivity index (χ2v) is 6.09. The Morgan fingerprint density at radius 2 is 2.14 bits per heavy atom. The van der Waals surface area contributed by atoms with Crippen molar-refractivity contribution >= 4 is 23.4 Å². The van der Waals surface area contributed by atoms with E-state index in [1.165, 1.54) is 6.07 Å². The molecule has 0 aromatic heterocycles. The maximum absolute atomic E-state index is 12.8. The molecule has 1 amide bonds. The minimum Gasteiger partial charge on any atom is -0.387 e. The van der Waals surface area contributed by atoms with Crippen LogP contribution in [0.1, 0.15) is 22.3 Å². The summed E-state index contributed by atoms with van der Waals surface area (Å²) < 4.78 is 38.5. The number of nitrogens with zero attached hydrogens (tertiary/aromatic N) is 1. The van der Waals surface area contributed by atoms with Gasteiger partial charge in [0.1, 0.15) is 0 Å². The molecule has 1 aromatic rings. The molecule has 0 radical (unpaired) electrons. The number of rotatable bonds is 3. The number of carbonyl (C=O) groups excluding carboxylic acids is 1. The number of alkyl halides is 3. The Labute approximate surface area is 125 Å². The van der Waals surface area contributed by atoms with Crippen molar-refractivity contribution in [2.75, 3.05) is 30.9 Å². The van der Waals surface area contributed by atoms with Crippen LogP contribution in [0, 0.1) is 0 Å². The van der Waals surface area contributed by atoms with Crippen molar-refractivity contribution in [3.63, 3.8) is 0 Å². The van der Waals surface area contributed by atoms with Crippen LogP contribution in [-0.2, 0) is 6.18 Å². The van der Waals surface area contributed by atoms with Crippen LogP contribution >= 0.6 is 11.8 Å². The fourth-order valence-corrected chi connectivity index (χ4v) is 3.57. The number of halogens is 3. The number of hydrogen-bond acceptors (Lipinski definition) is 3. The molecular formula is C14H17F3N2OS. The van der Waals surface area contributed by atoms with E-state index in [0.717, 1.165) is 30.1 Å². The van der Waals surface area contributed by atoms with Gasteiger partial charge in [-0.2, -0.15) is 24.9 Å². The third-order valence-corrected chi connectivity index (χ3v) is 4.77. The lowest BCUT2D eigenvalue weighted by atomic mass is 10.1. The maximum Gasteiger partial charge on any atom is 0.416 e. The number of carbonyl (C=O) groups is 1. The monoisotopic (exact) mass is 318 g/mol. The van der Waals surface area contributed by atoms with Gasteiger partial charge in [0.05, 0.1) is 11.1 Å². The Kier molecular flexibility index (Phi) is 4.70. The van der Waals surface area contributed by atoms with E-state index in [2.05, 4.69) is 5.32 Å². The van der Waals surface area contributed by atoms with Crippen LogP contribution in [0.2, 0.25) is 0 Å². The fraction of sp³-hybridized carbons (Fsp3) is 0.500. The van der Waals surface area contributed by atoms with Gasteiger partial charge in [-0.25, -0.2) is 0 Å². The van der Waals surface area contributed by atoms with Crippen molar-refractivity contribution in [3.8, 4) is 0 Å². The van der Waals surface area contributed by atoms with Crippen molar-refractivity contribution in [1.82, 2.24) is 4.90 Å². The zero-order chi connectivity index (χ0) is 15.6.